The Kier molecular flexibility index (Phi) is 11.4. The van der Waals surface area contributed by atoms with Gasteiger partial charge in [-0.3, -0.25) is 18.8 Å². The van der Waals surface area contributed by atoms with Crippen LogP contribution in [-0.4, -0.2) is 77.1 Å². The molecule has 0 saturated carbocycles. The number of aliphatic carboxylic acids is 1. The van der Waals surface area contributed by atoms with Gasteiger partial charge in [0.25, 0.3) is 11.5 Å². The van der Waals surface area contributed by atoms with Crippen molar-refractivity contribution < 1.29 is 46.7 Å². The Hall–Kier alpha value is -3.62. The molecule has 1 amide bonds. The standard InChI is InChI=1S/C28H31Cl2FN4O4.C2HF3O2/c1-2-39-28(38)18-5-9-33(10-6-18)19-7-11-34(12-8-19)27(37)21-14-17(3-4-23(21)31)13-20-16-32-26(36)24-15-22(29)25(30)35(20)24;3-2(4,5)1(6)7/h3-4,14-16,18-19H,2,5-13H2,1H3,(H,32,36);(H,6,7). The quantitative estimate of drug-likeness (QED) is 0.302. The van der Waals surface area contributed by atoms with Gasteiger partial charge in [-0.15, -0.1) is 0 Å². The van der Waals surface area contributed by atoms with E-state index in [1.165, 1.54) is 17.0 Å². The molecule has 16 heteroatoms. The number of quaternary nitrogens is 1. The molecule has 3 aromatic rings. The molecular weight excluding hydrogens is 659 g/mol. The van der Waals surface area contributed by atoms with Gasteiger partial charge in [-0.1, -0.05) is 29.3 Å². The number of aromatic amines is 1. The number of ether oxygens (including phenoxy) is 1. The predicted octanol–water partition coefficient (Wildman–Crippen LogP) is 2.43. The van der Waals surface area contributed by atoms with Crippen LogP contribution in [0.3, 0.4) is 0 Å². The molecule has 2 aliphatic heterocycles. The first-order valence-electron chi connectivity index (χ1n) is 14.6. The lowest BCUT2D eigenvalue weighted by molar-refractivity contribution is -0.932. The van der Waals surface area contributed by atoms with Crippen molar-refractivity contribution in [3.8, 4) is 0 Å². The minimum atomic E-state index is -5.19. The fraction of sp³-hybridized carbons (Fsp3) is 0.467. The molecule has 2 aromatic heterocycles. The van der Waals surface area contributed by atoms with E-state index in [0.717, 1.165) is 38.8 Å². The summed E-state index contributed by atoms with van der Waals surface area (Å²) in [5, 5.41) is 9.27. The summed E-state index contributed by atoms with van der Waals surface area (Å²) in [7, 11) is 0. The van der Waals surface area contributed by atoms with Crippen LogP contribution in [0.25, 0.3) is 5.52 Å². The number of fused-ring (bicyclic) bond motifs is 1. The first-order chi connectivity index (χ1) is 21.7. The lowest BCUT2D eigenvalue weighted by Crippen LogP contribution is -3.17. The Morgan fingerprint density at radius 3 is 2.30 bits per heavy atom. The summed E-state index contributed by atoms with van der Waals surface area (Å²) in [6.45, 7) is 5.22. The van der Waals surface area contributed by atoms with Crippen molar-refractivity contribution >= 4 is 46.6 Å². The van der Waals surface area contributed by atoms with E-state index in [0.29, 0.717) is 48.9 Å². The predicted molar refractivity (Wildman–Crippen MR) is 157 cm³/mol. The molecule has 0 spiro atoms. The number of carbonyl (C=O) groups excluding carboxylic acids is 3. The number of rotatable bonds is 6. The summed E-state index contributed by atoms with van der Waals surface area (Å²) in [5.74, 6) is -3.99. The van der Waals surface area contributed by atoms with Crippen LogP contribution >= 0.6 is 23.2 Å². The molecule has 0 bridgehead atoms. The molecule has 2 aliphatic rings. The molecule has 0 unspecified atom stereocenters. The lowest BCUT2D eigenvalue weighted by Gasteiger charge is -2.39. The van der Waals surface area contributed by atoms with Crippen LogP contribution in [0.1, 0.15) is 54.2 Å². The number of benzene rings is 1. The third-order valence-corrected chi connectivity index (χ3v) is 9.03. The number of H-pyrrole nitrogens is 1. The molecule has 1 aromatic carbocycles. The second-order valence-corrected chi connectivity index (χ2v) is 11.9. The number of aromatic nitrogens is 2. The van der Waals surface area contributed by atoms with Crippen LogP contribution in [0.2, 0.25) is 10.2 Å². The highest BCUT2D eigenvalue weighted by atomic mass is 35.5. The average Bonchev–Trinajstić information content (AvgIpc) is 3.34. The van der Waals surface area contributed by atoms with Crippen LogP contribution < -0.4 is 15.6 Å². The maximum Gasteiger partial charge on any atom is 0.430 e. The summed E-state index contributed by atoms with van der Waals surface area (Å²) in [4.78, 5) is 52.2. The summed E-state index contributed by atoms with van der Waals surface area (Å²) in [6.07, 6.45) is 0.000904. The van der Waals surface area contributed by atoms with E-state index in [1.807, 2.05) is 6.92 Å². The zero-order valence-electron chi connectivity index (χ0n) is 24.7. The number of halogens is 6. The lowest BCUT2D eigenvalue weighted by atomic mass is 9.93. The Bertz CT molecular complexity index is 1640. The number of nitrogens with zero attached hydrogens (tertiary/aromatic N) is 2. The van der Waals surface area contributed by atoms with Gasteiger partial charge in [0.05, 0.1) is 42.2 Å². The molecule has 5 rings (SSSR count). The van der Waals surface area contributed by atoms with Crippen LogP contribution in [0.5, 0.6) is 0 Å². The Morgan fingerprint density at radius 2 is 1.72 bits per heavy atom. The number of carbonyl (C=O) groups is 3. The number of hydrogen-bond donors (Lipinski definition) is 2. The van der Waals surface area contributed by atoms with Crippen molar-refractivity contribution in [1.82, 2.24) is 14.3 Å². The Labute approximate surface area is 270 Å². The molecule has 250 valence electrons. The fourth-order valence-corrected chi connectivity index (χ4v) is 6.37. The molecule has 46 heavy (non-hydrogen) atoms. The van der Waals surface area contributed by atoms with Crippen LogP contribution in [0, 0.1) is 11.7 Å². The highest BCUT2D eigenvalue weighted by Crippen LogP contribution is 2.27. The molecule has 0 aliphatic carbocycles. The first kappa shape index (κ1) is 35.2. The number of amides is 1. The number of carboxylic acids is 1. The summed E-state index contributed by atoms with van der Waals surface area (Å²) in [5.41, 5.74) is 1.39. The smallest absolute Gasteiger partial charge is 0.430 e. The molecule has 10 nitrogen and oxygen atoms in total. The highest BCUT2D eigenvalue weighted by Gasteiger charge is 2.35. The number of esters is 1. The van der Waals surface area contributed by atoms with Crippen LogP contribution in [-0.2, 0) is 20.7 Å². The SMILES string of the molecule is CCOC(=O)C1CC[NH+](C2CCN(C(=O)c3cc(Cc4c[nH]c(=O)c5cc(Cl)c(Cl)n45)ccc3F)CC2)CC1.O=C([O-])C(F)(F)F. The van der Waals surface area contributed by atoms with Gasteiger partial charge in [0.15, 0.2) is 0 Å². The summed E-state index contributed by atoms with van der Waals surface area (Å²) < 4.78 is 53.1. The molecular formula is C30H32Cl2F4N4O6. The minimum absolute atomic E-state index is 0.0108. The van der Waals surface area contributed by atoms with Crippen molar-refractivity contribution in [3.63, 3.8) is 0 Å². The second-order valence-electron chi connectivity index (χ2n) is 11.1. The molecule has 0 radical (unpaired) electrons. The molecule has 4 heterocycles. The Morgan fingerprint density at radius 1 is 1.09 bits per heavy atom. The van der Waals surface area contributed by atoms with E-state index >= 15 is 0 Å². The number of likely N-dealkylation sites (tertiary alicyclic amines) is 2. The van der Waals surface area contributed by atoms with E-state index in [-0.39, 0.29) is 39.1 Å². The van der Waals surface area contributed by atoms with Crippen molar-refractivity contribution in [2.24, 2.45) is 5.92 Å². The van der Waals surface area contributed by atoms with Crippen molar-refractivity contribution in [1.29, 1.82) is 0 Å². The molecule has 2 N–H and O–H groups in total. The maximum absolute atomic E-state index is 14.8. The van der Waals surface area contributed by atoms with Crippen LogP contribution in [0.4, 0.5) is 17.6 Å². The number of piperidine rings is 2. The zero-order valence-corrected chi connectivity index (χ0v) is 26.2. The van der Waals surface area contributed by atoms with Gasteiger partial charge in [-0.2, -0.15) is 13.2 Å². The van der Waals surface area contributed by atoms with E-state index in [9.17, 15) is 31.9 Å². The zero-order chi connectivity index (χ0) is 33.8. The van der Waals surface area contributed by atoms with E-state index in [4.69, 9.17) is 37.8 Å². The molecule has 2 fully saturated rings. The summed E-state index contributed by atoms with van der Waals surface area (Å²) in [6, 6.07) is 6.43. The third kappa shape index (κ3) is 8.20. The molecule has 0 atom stereocenters. The van der Waals surface area contributed by atoms with Crippen LogP contribution in [0.15, 0.2) is 35.3 Å². The minimum Gasteiger partial charge on any atom is -0.542 e. The van der Waals surface area contributed by atoms with E-state index in [2.05, 4.69) is 4.98 Å². The van der Waals surface area contributed by atoms with Gasteiger partial charge in [0.2, 0.25) is 0 Å². The van der Waals surface area contributed by atoms with E-state index < -0.39 is 18.0 Å². The summed E-state index contributed by atoms with van der Waals surface area (Å²) >= 11 is 12.5. The van der Waals surface area contributed by atoms with Crippen molar-refractivity contribution in [2.75, 3.05) is 32.8 Å². The van der Waals surface area contributed by atoms with Crippen molar-refractivity contribution in [3.05, 3.63) is 73.6 Å². The van der Waals surface area contributed by atoms with Crippen molar-refractivity contribution in [2.45, 2.75) is 51.2 Å². The van der Waals surface area contributed by atoms with Gasteiger partial charge >= 0.3 is 12.1 Å². The first-order valence-corrected chi connectivity index (χ1v) is 15.4. The number of alkyl halides is 3. The van der Waals surface area contributed by atoms with Gasteiger partial charge in [-0.05, 0) is 30.7 Å². The number of carboxylic acid groups (broad SMARTS) is 1. The fourth-order valence-electron chi connectivity index (χ4n) is 5.93. The Balaban J connectivity index is 0.000000617. The highest BCUT2D eigenvalue weighted by molar-refractivity contribution is 6.42. The maximum atomic E-state index is 14.8. The molecule has 2 saturated heterocycles. The van der Waals surface area contributed by atoms with Gasteiger partial charge in [-0.25, -0.2) is 4.39 Å². The largest absolute Gasteiger partial charge is 0.542 e. The number of nitrogens with one attached hydrogen (secondary N) is 2. The number of hydrogen-bond acceptors (Lipinski definition) is 6. The topological polar surface area (TPSA) is 128 Å². The second kappa shape index (κ2) is 14.9. The van der Waals surface area contributed by atoms with Gasteiger partial charge in [0.1, 0.15) is 22.5 Å². The van der Waals surface area contributed by atoms with Gasteiger partial charge in [0, 0.05) is 57.1 Å². The third-order valence-electron chi connectivity index (χ3n) is 8.27. The average molecular weight is 692 g/mol. The van der Waals surface area contributed by atoms with E-state index in [1.54, 1.807) is 27.6 Å². The monoisotopic (exact) mass is 690 g/mol. The normalized spacial score (nSPS) is 19.0. The van der Waals surface area contributed by atoms with Gasteiger partial charge < -0.3 is 29.4 Å².